The fourth-order valence-corrected chi connectivity index (χ4v) is 2.20. The first-order valence-electron chi connectivity index (χ1n) is 4.56. The normalized spacial score (nSPS) is 12.4. The molecule has 5 heteroatoms. The Hall–Kier alpha value is -0.780. The van der Waals surface area contributed by atoms with Crippen LogP contribution in [0.25, 0.3) is 0 Å². The zero-order chi connectivity index (χ0) is 11.5. The smallest absolute Gasteiger partial charge is 0.115 e. The zero-order valence-corrected chi connectivity index (χ0v) is 11.3. The molecule has 82 valence electrons. The Balaban J connectivity index is 2.41. The summed E-state index contributed by atoms with van der Waals surface area (Å²) < 4.78 is 1.77. The van der Waals surface area contributed by atoms with Gasteiger partial charge in [0, 0.05) is 32.5 Å². The van der Waals surface area contributed by atoms with Crippen LogP contribution in [-0.2, 0) is 0 Å². The van der Waals surface area contributed by atoms with E-state index in [4.69, 9.17) is 0 Å². The molecule has 1 aromatic carbocycles. The first-order valence-corrected chi connectivity index (χ1v) is 6.15. The summed E-state index contributed by atoms with van der Waals surface area (Å²) in [7, 11) is 0. The number of aliphatic hydroxyl groups is 1. The van der Waals surface area contributed by atoms with Crippen molar-refractivity contribution in [2.24, 2.45) is 0 Å². The van der Waals surface area contributed by atoms with Crippen molar-refractivity contribution in [3.8, 4) is 0 Å². The largest absolute Gasteiger partial charge is 0.383 e. The van der Waals surface area contributed by atoms with Crippen molar-refractivity contribution in [3.05, 3.63) is 57.0 Å². The van der Waals surface area contributed by atoms with Gasteiger partial charge in [-0.3, -0.25) is 0 Å². The quantitative estimate of drug-likeness (QED) is 0.911. The molecule has 1 heterocycles. The van der Waals surface area contributed by atoms with Gasteiger partial charge in [0.15, 0.2) is 0 Å². The SMILES string of the molecule is OC(c1cncnc1)c1cc(Br)ccc1Br. The first kappa shape index (κ1) is 11.7. The van der Waals surface area contributed by atoms with E-state index >= 15 is 0 Å². The lowest BCUT2D eigenvalue weighted by Gasteiger charge is -2.12. The predicted octanol–water partition coefficient (Wildman–Crippen LogP) is 3.08. The molecule has 0 spiro atoms. The summed E-state index contributed by atoms with van der Waals surface area (Å²) in [5, 5.41) is 10.2. The van der Waals surface area contributed by atoms with Crippen LogP contribution in [0, 0.1) is 0 Å². The molecule has 0 radical (unpaired) electrons. The number of aliphatic hydroxyl groups excluding tert-OH is 1. The van der Waals surface area contributed by atoms with Crippen molar-refractivity contribution in [2.45, 2.75) is 6.10 Å². The Bertz CT molecular complexity index is 491. The number of aromatic nitrogens is 2. The number of hydrogen-bond donors (Lipinski definition) is 1. The van der Waals surface area contributed by atoms with Crippen LogP contribution < -0.4 is 0 Å². The maximum atomic E-state index is 10.2. The minimum Gasteiger partial charge on any atom is -0.383 e. The van der Waals surface area contributed by atoms with Crippen LogP contribution in [0.15, 0.2) is 45.9 Å². The van der Waals surface area contributed by atoms with Gasteiger partial charge in [0.2, 0.25) is 0 Å². The van der Waals surface area contributed by atoms with E-state index in [0.717, 1.165) is 14.5 Å². The summed E-state index contributed by atoms with van der Waals surface area (Å²) >= 11 is 6.78. The van der Waals surface area contributed by atoms with Gasteiger partial charge >= 0.3 is 0 Å². The average molecular weight is 344 g/mol. The van der Waals surface area contributed by atoms with E-state index in [0.29, 0.717) is 5.56 Å². The monoisotopic (exact) mass is 342 g/mol. The molecule has 1 atom stereocenters. The standard InChI is InChI=1S/C11H8Br2N2O/c12-8-1-2-10(13)9(3-8)11(16)7-4-14-6-15-5-7/h1-6,11,16H. The predicted molar refractivity (Wildman–Crippen MR) is 67.9 cm³/mol. The van der Waals surface area contributed by atoms with Crippen molar-refractivity contribution >= 4 is 31.9 Å². The van der Waals surface area contributed by atoms with Gasteiger partial charge in [-0.1, -0.05) is 31.9 Å². The molecule has 0 saturated carbocycles. The average Bonchev–Trinajstić information content (AvgIpc) is 2.32. The third kappa shape index (κ3) is 2.48. The van der Waals surface area contributed by atoms with Gasteiger partial charge in [-0.2, -0.15) is 0 Å². The molecular weight excluding hydrogens is 336 g/mol. The summed E-state index contributed by atoms with van der Waals surface area (Å²) in [6.07, 6.45) is 3.91. The highest BCUT2D eigenvalue weighted by atomic mass is 79.9. The van der Waals surface area contributed by atoms with Gasteiger partial charge in [-0.05, 0) is 18.2 Å². The van der Waals surface area contributed by atoms with Crippen LogP contribution in [-0.4, -0.2) is 15.1 Å². The van der Waals surface area contributed by atoms with E-state index in [9.17, 15) is 5.11 Å². The van der Waals surface area contributed by atoms with Gasteiger partial charge in [0.1, 0.15) is 12.4 Å². The molecule has 16 heavy (non-hydrogen) atoms. The fourth-order valence-electron chi connectivity index (χ4n) is 1.36. The maximum absolute atomic E-state index is 10.2. The lowest BCUT2D eigenvalue weighted by molar-refractivity contribution is 0.218. The van der Waals surface area contributed by atoms with Crippen LogP contribution in [0.3, 0.4) is 0 Å². The minimum atomic E-state index is -0.729. The van der Waals surface area contributed by atoms with Crippen molar-refractivity contribution in [3.63, 3.8) is 0 Å². The van der Waals surface area contributed by atoms with Crippen molar-refractivity contribution in [1.82, 2.24) is 9.97 Å². The number of halogens is 2. The molecule has 2 aromatic rings. The highest BCUT2D eigenvalue weighted by Gasteiger charge is 2.14. The van der Waals surface area contributed by atoms with Gasteiger partial charge in [0.05, 0.1) is 0 Å². The molecule has 0 fully saturated rings. The minimum absolute atomic E-state index is 0.668. The van der Waals surface area contributed by atoms with E-state index in [2.05, 4.69) is 41.8 Å². The Kier molecular flexibility index (Phi) is 3.68. The molecule has 2 rings (SSSR count). The van der Waals surface area contributed by atoms with E-state index in [1.807, 2.05) is 18.2 Å². The third-order valence-corrected chi connectivity index (χ3v) is 3.36. The summed E-state index contributed by atoms with van der Waals surface area (Å²) in [5.41, 5.74) is 1.45. The van der Waals surface area contributed by atoms with Crippen LogP contribution in [0.2, 0.25) is 0 Å². The molecule has 0 amide bonds. The van der Waals surface area contributed by atoms with Gasteiger partial charge in [0.25, 0.3) is 0 Å². The molecule has 0 aliphatic heterocycles. The number of nitrogens with zero attached hydrogens (tertiary/aromatic N) is 2. The topological polar surface area (TPSA) is 46.0 Å². The molecular formula is C11H8Br2N2O. The van der Waals surface area contributed by atoms with E-state index in [1.54, 1.807) is 12.4 Å². The lowest BCUT2D eigenvalue weighted by Crippen LogP contribution is -2.01. The summed E-state index contributed by atoms with van der Waals surface area (Å²) in [4.78, 5) is 7.77. The number of benzene rings is 1. The third-order valence-electron chi connectivity index (χ3n) is 2.15. The van der Waals surface area contributed by atoms with Crippen LogP contribution in [0.1, 0.15) is 17.2 Å². The lowest BCUT2D eigenvalue weighted by atomic mass is 10.0. The Morgan fingerprint density at radius 2 is 1.81 bits per heavy atom. The highest BCUT2D eigenvalue weighted by Crippen LogP contribution is 2.30. The molecule has 3 nitrogen and oxygen atoms in total. The second kappa shape index (κ2) is 5.03. The summed E-state index contributed by atoms with van der Waals surface area (Å²) in [6.45, 7) is 0. The Labute approximate surface area is 110 Å². The molecule has 0 saturated heterocycles. The Morgan fingerprint density at radius 3 is 2.50 bits per heavy atom. The van der Waals surface area contributed by atoms with Crippen molar-refractivity contribution < 1.29 is 5.11 Å². The zero-order valence-electron chi connectivity index (χ0n) is 8.14. The van der Waals surface area contributed by atoms with Crippen LogP contribution >= 0.6 is 31.9 Å². The summed E-state index contributed by atoms with van der Waals surface area (Å²) in [5.74, 6) is 0. The van der Waals surface area contributed by atoms with E-state index < -0.39 is 6.10 Å². The van der Waals surface area contributed by atoms with Gasteiger partial charge < -0.3 is 5.11 Å². The van der Waals surface area contributed by atoms with Crippen molar-refractivity contribution in [1.29, 1.82) is 0 Å². The second-order valence-electron chi connectivity index (χ2n) is 3.24. The van der Waals surface area contributed by atoms with E-state index in [1.165, 1.54) is 6.33 Å². The Morgan fingerprint density at radius 1 is 1.12 bits per heavy atom. The molecule has 0 aliphatic rings. The summed E-state index contributed by atoms with van der Waals surface area (Å²) in [6, 6.07) is 5.65. The van der Waals surface area contributed by atoms with Crippen LogP contribution in [0.4, 0.5) is 0 Å². The van der Waals surface area contributed by atoms with E-state index in [-0.39, 0.29) is 0 Å². The number of rotatable bonds is 2. The molecule has 1 aromatic heterocycles. The van der Waals surface area contributed by atoms with Gasteiger partial charge in [-0.15, -0.1) is 0 Å². The molecule has 0 aliphatic carbocycles. The second-order valence-corrected chi connectivity index (χ2v) is 5.01. The maximum Gasteiger partial charge on any atom is 0.115 e. The molecule has 1 N–H and O–H groups in total. The molecule has 1 unspecified atom stereocenters. The first-order chi connectivity index (χ1) is 7.68. The fraction of sp³-hybridized carbons (Fsp3) is 0.0909. The van der Waals surface area contributed by atoms with Gasteiger partial charge in [-0.25, -0.2) is 9.97 Å². The number of hydrogen-bond acceptors (Lipinski definition) is 3. The highest BCUT2D eigenvalue weighted by molar-refractivity contribution is 9.11. The van der Waals surface area contributed by atoms with Crippen LogP contribution in [0.5, 0.6) is 0 Å². The molecule has 0 bridgehead atoms. The van der Waals surface area contributed by atoms with Crippen molar-refractivity contribution in [2.75, 3.05) is 0 Å².